The second-order valence-electron chi connectivity index (χ2n) is 9.23. The minimum atomic E-state index is -1.57. The van der Waals surface area contributed by atoms with E-state index < -0.39 is 17.2 Å². The van der Waals surface area contributed by atoms with Gasteiger partial charge in [0.05, 0.1) is 18.2 Å². The Morgan fingerprint density at radius 3 is 2.48 bits per heavy atom. The molecule has 3 saturated carbocycles. The maximum Gasteiger partial charge on any atom is 0.137 e. The summed E-state index contributed by atoms with van der Waals surface area (Å²) in [4.78, 5) is 3.93. The van der Waals surface area contributed by atoms with Gasteiger partial charge in [0.1, 0.15) is 29.9 Å². The fourth-order valence-corrected chi connectivity index (χ4v) is 5.89. The minimum Gasteiger partial charge on any atom is -0.383 e. The first-order chi connectivity index (χ1) is 14.8. The quantitative estimate of drug-likeness (QED) is 0.652. The predicted molar refractivity (Wildman–Crippen MR) is 109 cm³/mol. The zero-order chi connectivity index (χ0) is 21.9. The van der Waals surface area contributed by atoms with Crippen molar-refractivity contribution in [3.8, 4) is 6.07 Å². The van der Waals surface area contributed by atoms with Crippen LogP contribution in [0.1, 0.15) is 42.9 Å². The van der Waals surface area contributed by atoms with Crippen LogP contribution in [0.2, 0.25) is 0 Å². The van der Waals surface area contributed by atoms with Gasteiger partial charge in [-0.25, -0.2) is 18.4 Å². The Hall–Kier alpha value is -3.11. The molecule has 3 fully saturated rings. The maximum atomic E-state index is 14.8. The zero-order valence-corrected chi connectivity index (χ0v) is 17.1. The van der Waals surface area contributed by atoms with Gasteiger partial charge in [-0.15, -0.1) is 0 Å². The average molecular weight is 420 g/mol. The molecule has 1 heterocycles. The average Bonchev–Trinajstić information content (AvgIpc) is 3.19. The summed E-state index contributed by atoms with van der Waals surface area (Å²) in [6, 6.07) is 13.1. The van der Waals surface area contributed by atoms with E-state index in [1.165, 1.54) is 35.0 Å². The van der Waals surface area contributed by atoms with Crippen molar-refractivity contribution >= 4 is 0 Å². The molecule has 6 rings (SSSR count). The van der Waals surface area contributed by atoms with Crippen molar-refractivity contribution < 1.29 is 13.9 Å². The number of aromatic nitrogens is 3. The maximum absolute atomic E-state index is 14.8. The van der Waals surface area contributed by atoms with Crippen LogP contribution < -0.4 is 0 Å². The molecule has 158 valence electrons. The number of benzene rings is 2. The smallest absolute Gasteiger partial charge is 0.137 e. The fourth-order valence-electron chi connectivity index (χ4n) is 5.89. The number of hydrogen-bond donors (Lipinski definition) is 1. The van der Waals surface area contributed by atoms with Gasteiger partial charge in [0.15, 0.2) is 0 Å². The molecule has 0 spiro atoms. The van der Waals surface area contributed by atoms with Crippen molar-refractivity contribution in [1.82, 2.24) is 14.8 Å². The molecule has 2 aromatic carbocycles. The van der Waals surface area contributed by atoms with Crippen molar-refractivity contribution in [1.29, 1.82) is 5.26 Å². The summed E-state index contributed by atoms with van der Waals surface area (Å²) in [7, 11) is 0. The highest BCUT2D eigenvalue weighted by Crippen LogP contribution is 2.78. The van der Waals surface area contributed by atoms with Gasteiger partial charge >= 0.3 is 0 Å². The van der Waals surface area contributed by atoms with Crippen LogP contribution in [0.3, 0.4) is 0 Å². The molecule has 2 bridgehead atoms. The van der Waals surface area contributed by atoms with Crippen LogP contribution in [-0.4, -0.2) is 19.9 Å². The van der Waals surface area contributed by atoms with Gasteiger partial charge in [-0.05, 0) is 59.8 Å². The van der Waals surface area contributed by atoms with Gasteiger partial charge in [0.25, 0.3) is 0 Å². The Labute approximate surface area is 179 Å². The first kappa shape index (κ1) is 19.8. The van der Waals surface area contributed by atoms with Crippen LogP contribution in [-0.2, 0) is 17.6 Å². The number of nitriles is 1. The van der Waals surface area contributed by atoms with Gasteiger partial charge in [-0.1, -0.05) is 25.1 Å². The molecule has 2 atom stereocenters. The van der Waals surface area contributed by atoms with Gasteiger partial charge in [0, 0.05) is 11.6 Å². The van der Waals surface area contributed by atoms with Crippen molar-refractivity contribution in [2.24, 2.45) is 11.3 Å². The van der Waals surface area contributed by atoms with Crippen LogP contribution in [0, 0.1) is 34.3 Å². The lowest BCUT2D eigenvalue weighted by Gasteiger charge is -2.75. The summed E-state index contributed by atoms with van der Waals surface area (Å²) in [5.74, 6) is -1.73. The summed E-state index contributed by atoms with van der Waals surface area (Å²) < 4.78 is 29.8. The van der Waals surface area contributed by atoms with E-state index in [2.05, 4.69) is 16.2 Å². The summed E-state index contributed by atoms with van der Waals surface area (Å²) in [6.07, 6.45) is 5.51. The van der Waals surface area contributed by atoms with Crippen molar-refractivity contribution in [2.45, 2.75) is 43.7 Å². The lowest BCUT2D eigenvalue weighted by atomic mass is 9.29. The number of nitrogens with zero attached hydrogens (tertiary/aromatic N) is 4. The zero-order valence-electron chi connectivity index (χ0n) is 17.1. The Bertz CT molecular complexity index is 1150. The van der Waals surface area contributed by atoms with E-state index in [9.17, 15) is 13.9 Å². The molecule has 1 aromatic heterocycles. The van der Waals surface area contributed by atoms with E-state index in [4.69, 9.17) is 5.26 Å². The van der Waals surface area contributed by atoms with Gasteiger partial charge < -0.3 is 5.11 Å². The van der Waals surface area contributed by atoms with E-state index in [-0.39, 0.29) is 28.9 Å². The fraction of sp³-hybridized carbons (Fsp3) is 0.375. The second kappa shape index (κ2) is 6.69. The van der Waals surface area contributed by atoms with Crippen molar-refractivity contribution in [2.75, 3.05) is 0 Å². The van der Waals surface area contributed by atoms with Crippen LogP contribution >= 0.6 is 0 Å². The van der Waals surface area contributed by atoms with Crippen molar-refractivity contribution in [3.63, 3.8) is 0 Å². The molecule has 0 radical (unpaired) electrons. The molecule has 5 nitrogen and oxygen atoms in total. The molecule has 0 saturated heterocycles. The van der Waals surface area contributed by atoms with Crippen LogP contribution in [0.15, 0.2) is 55.1 Å². The molecule has 3 aliphatic rings. The Morgan fingerprint density at radius 2 is 1.90 bits per heavy atom. The SMILES string of the molecule is CC(C12CC(c3ccc(C#N)cc3)(C1)C2)[C@@](O)(Cn1cncn1)c1ccc(F)cc1F. The van der Waals surface area contributed by atoms with Crippen LogP contribution in [0.25, 0.3) is 0 Å². The Balaban J connectivity index is 1.45. The molecule has 0 amide bonds. The number of rotatable bonds is 6. The first-order valence-corrected chi connectivity index (χ1v) is 10.3. The molecule has 1 unspecified atom stereocenters. The van der Waals surface area contributed by atoms with Crippen LogP contribution in [0.5, 0.6) is 0 Å². The van der Waals surface area contributed by atoms with E-state index in [1.807, 2.05) is 31.2 Å². The first-order valence-electron chi connectivity index (χ1n) is 10.3. The van der Waals surface area contributed by atoms with Crippen LogP contribution in [0.4, 0.5) is 8.78 Å². The van der Waals surface area contributed by atoms with E-state index in [0.717, 1.165) is 25.3 Å². The molecular weight excluding hydrogens is 398 g/mol. The van der Waals surface area contributed by atoms with E-state index in [0.29, 0.717) is 5.56 Å². The molecule has 1 N–H and O–H groups in total. The lowest BCUT2D eigenvalue weighted by molar-refractivity contribution is -0.231. The van der Waals surface area contributed by atoms with Gasteiger partial charge in [-0.3, -0.25) is 0 Å². The molecule has 31 heavy (non-hydrogen) atoms. The molecular formula is C24H22F2N4O. The lowest BCUT2D eigenvalue weighted by Crippen LogP contribution is -2.70. The minimum absolute atomic E-state index is 0.0301. The highest BCUT2D eigenvalue weighted by Gasteiger charge is 2.72. The van der Waals surface area contributed by atoms with Crippen molar-refractivity contribution in [3.05, 3.63) is 83.4 Å². The van der Waals surface area contributed by atoms with Gasteiger partial charge in [-0.2, -0.15) is 10.4 Å². The third kappa shape index (κ3) is 2.89. The molecule has 3 aliphatic carbocycles. The topological polar surface area (TPSA) is 74.7 Å². The molecule has 3 aromatic rings. The Morgan fingerprint density at radius 1 is 1.19 bits per heavy atom. The van der Waals surface area contributed by atoms with Gasteiger partial charge in [0.2, 0.25) is 0 Å². The monoisotopic (exact) mass is 420 g/mol. The van der Waals surface area contributed by atoms with E-state index >= 15 is 0 Å². The third-order valence-electron chi connectivity index (χ3n) is 7.60. The highest BCUT2D eigenvalue weighted by atomic mass is 19.1. The third-order valence-corrected chi connectivity index (χ3v) is 7.60. The Kier molecular flexibility index (Phi) is 4.28. The predicted octanol–water partition coefficient (Wildman–Crippen LogP) is 4.07. The number of hydrogen-bond acceptors (Lipinski definition) is 4. The molecule has 7 heteroatoms. The normalized spacial score (nSPS) is 26.8. The largest absolute Gasteiger partial charge is 0.383 e. The second-order valence-corrected chi connectivity index (χ2v) is 9.23. The summed E-state index contributed by atoms with van der Waals surface area (Å²) in [5, 5.41) is 25.0. The number of halogens is 2. The standard InChI is InChI=1S/C24H22F2N4O/c1-16(22-10-23(11-22,12-22)18-4-2-17(9-27)3-5-18)24(31,13-30-15-28-14-29-30)20-7-6-19(25)8-21(20)26/h2-8,14-16,31H,10-13H2,1H3/t16?,22?,23?,24-/m0/s1. The highest BCUT2D eigenvalue weighted by molar-refractivity contribution is 5.43. The summed E-state index contributed by atoms with van der Waals surface area (Å²) in [6.45, 7) is 1.98. The number of aliphatic hydroxyl groups is 1. The van der Waals surface area contributed by atoms with E-state index in [1.54, 1.807) is 0 Å². The summed E-state index contributed by atoms with van der Waals surface area (Å²) in [5.41, 5.74) is 0.264. The molecule has 0 aliphatic heterocycles. The summed E-state index contributed by atoms with van der Waals surface area (Å²) >= 11 is 0.